The Kier molecular flexibility index (Phi) is 3.33. The number of aromatic nitrogens is 1. The molecule has 0 spiro atoms. The number of likely N-dealkylation sites (tertiary alicyclic amines) is 1. The molecule has 1 N–H and O–H groups in total. The summed E-state index contributed by atoms with van der Waals surface area (Å²) >= 11 is 0. The van der Waals surface area contributed by atoms with Crippen molar-refractivity contribution in [1.82, 2.24) is 9.88 Å². The van der Waals surface area contributed by atoms with Crippen LogP contribution in [0, 0.1) is 17.8 Å². The van der Waals surface area contributed by atoms with Crippen LogP contribution in [-0.2, 0) is 6.42 Å². The van der Waals surface area contributed by atoms with E-state index in [2.05, 4.69) is 42.1 Å². The van der Waals surface area contributed by atoms with Gasteiger partial charge in [-0.15, -0.1) is 0 Å². The van der Waals surface area contributed by atoms with Gasteiger partial charge in [0, 0.05) is 30.4 Å². The Labute approximate surface area is 131 Å². The van der Waals surface area contributed by atoms with E-state index < -0.39 is 0 Å². The molecule has 1 fully saturated rings. The average Bonchev–Trinajstić information content (AvgIpc) is 2.82. The van der Waals surface area contributed by atoms with Crippen molar-refractivity contribution < 1.29 is 4.79 Å². The fraction of sp³-hybridized carbons (Fsp3) is 0.526. The number of carbonyl (C=O) groups is 1. The van der Waals surface area contributed by atoms with Crippen molar-refractivity contribution in [3.8, 4) is 0 Å². The monoisotopic (exact) mass is 296 g/mol. The molecule has 0 unspecified atom stereocenters. The second-order valence-corrected chi connectivity index (χ2v) is 7.17. The number of piperidine rings is 1. The molecule has 116 valence electrons. The van der Waals surface area contributed by atoms with Gasteiger partial charge in [-0.25, -0.2) is 0 Å². The molecule has 0 amide bonds. The smallest absolute Gasteiger partial charge is 0.179 e. The standard InChI is InChI=1S/C19H24N2O/c1-3-12-10-21(2)11-13-8-16-14-6-4-5-7-17(14)20-19(16)18(22)9-15(12)13/h4-7,12-13,15,20H,3,8-11H2,1-2H3/t12-,13+,15+/m1/s1. The largest absolute Gasteiger partial charge is 0.352 e. The molecule has 0 saturated carbocycles. The molecule has 3 heteroatoms. The van der Waals surface area contributed by atoms with Gasteiger partial charge in [0.15, 0.2) is 5.78 Å². The number of nitrogens with one attached hydrogen (secondary N) is 1. The molecule has 2 aliphatic rings. The molecule has 1 saturated heterocycles. The Hall–Kier alpha value is -1.61. The van der Waals surface area contributed by atoms with Gasteiger partial charge in [0.05, 0.1) is 5.69 Å². The van der Waals surface area contributed by atoms with Crippen LogP contribution in [0.3, 0.4) is 0 Å². The zero-order valence-electron chi connectivity index (χ0n) is 13.4. The summed E-state index contributed by atoms with van der Waals surface area (Å²) in [4.78, 5) is 18.7. The molecule has 0 bridgehead atoms. The van der Waals surface area contributed by atoms with Gasteiger partial charge >= 0.3 is 0 Å². The number of rotatable bonds is 1. The first-order chi connectivity index (χ1) is 10.7. The summed E-state index contributed by atoms with van der Waals surface area (Å²) in [5, 5.41) is 1.24. The fourth-order valence-corrected chi connectivity index (χ4v) is 4.74. The topological polar surface area (TPSA) is 36.1 Å². The number of ketones is 1. The molecule has 3 atom stereocenters. The predicted octanol–water partition coefficient (Wildman–Crippen LogP) is 3.50. The van der Waals surface area contributed by atoms with Gasteiger partial charge in [0.1, 0.15) is 0 Å². The van der Waals surface area contributed by atoms with Crippen LogP contribution >= 0.6 is 0 Å². The number of hydrogen-bond donors (Lipinski definition) is 1. The Morgan fingerprint density at radius 3 is 2.86 bits per heavy atom. The summed E-state index contributed by atoms with van der Waals surface area (Å²) in [6, 6.07) is 8.34. The first-order valence-electron chi connectivity index (χ1n) is 8.48. The highest BCUT2D eigenvalue weighted by atomic mass is 16.1. The van der Waals surface area contributed by atoms with Crippen LogP contribution in [0.25, 0.3) is 10.9 Å². The van der Waals surface area contributed by atoms with Gasteiger partial charge < -0.3 is 9.88 Å². The first-order valence-corrected chi connectivity index (χ1v) is 8.48. The van der Waals surface area contributed by atoms with Crippen molar-refractivity contribution in [2.45, 2.75) is 26.2 Å². The molecular weight excluding hydrogens is 272 g/mol. The van der Waals surface area contributed by atoms with Crippen molar-refractivity contribution in [3.05, 3.63) is 35.5 Å². The van der Waals surface area contributed by atoms with Crippen LogP contribution in [0.5, 0.6) is 0 Å². The molecule has 2 heterocycles. The van der Waals surface area contributed by atoms with Gasteiger partial charge in [0.25, 0.3) is 0 Å². The van der Waals surface area contributed by atoms with E-state index >= 15 is 0 Å². The molecule has 2 aromatic rings. The second-order valence-electron chi connectivity index (χ2n) is 7.17. The van der Waals surface area contributed by atoms with Gasteiger partial charge in [0.2, 0.25) is 0 Å². The molecule has 0 radical (unpaired) electrons. The number of fused-ring (bicyclic) bond motifs is 4. The van der Waals surface area contributed by atoms with Gasteiger partial charge in [-0.05, 0) is 42.9 Å². The summed E-state index contributed by atoms with van der Waals surface area (Å²) in [5.41, 5.74) is 3.25. The molecule has 1 aliphatic heterocycles. The second kappa shape index (κ2) is 5.24. The third-order valence-electron chi connectivity index (χ3n) is 5.81. The average molecular weight is 296 g/mol. The maximum absolute atomic E-state index is 12.8. The third-order valence-corrected chi connectivity index (χ3v) is 5.81. The van der Waals surface area contributed by atoms with E-state index in [4.69, 9.17) is 0 Å². The molecular formula is C19H24N2O. The lowest BCUT2D eigenvalue weighted by molar-refractivity contribution is 0.0638. The van der Waals surface area contributed by atoms with Crippen LogP contribution in [0.15, 0.2) is 24.3 Å². The highest BCUT2D eigenvalue weighted by molar-refractivity contribution is 6.02. The molecule has 1 aromatic carbocycles. The number of benzene rings is 1. The summed E-state index contributed by atoms with van der Waals surface area (Å²) < 4.78 is 0. The fourth-order valence-electron chi connectivity index (χ4n) is 4.74. The third kappa shape index (κ3) is 2.11. The van der Waals surface area contributed by atoms with Crippen LogP contribution in [0.1, 0.15) is 35.8 Å². The molecule has 4 rings (SSSR count). The highest BCUT2D eigenvalue weighted by Gasteiger charge is 2.39. The lowest BCUT2D eigenvalue weighted by Gasteiger charge is -2.41. The molecule has 1 aliphatic carbocycles. The Morgan fingerprint density at radius 2 is 2.05 bits per heavy atom. The van der Waals surface area contributed by atoms with E-state index in [1.807, 2.05) is 6.07 Å². The molecule has 3 nitrogen and oxygen atoms in total. The lowest BCUT2D eigenvalue weighted by atomic mass is 9.73. The van der Waals surface area contributed by atoms with Crippen molar-refractivity contribution in [2.75, 3.05) is 20.1 Å². The predicted molar refractivity (Wildman–Crippen MR) is 89.2 cm³/mol. The quantitative estimate of drug-likeness (QED) is 0.874. The minimum Gasteiger partial charge on any atom is -0.352 e. The Morgan fingerprint density at radius 1 is 1.23 bits per heavy atom. The maximum Gasteiger partial charge on any atom is 0.179 e. The van der Waals surface area contributed by atoms with E-state index in [1.54, 1.807) is 0 Å². The number of nitrogens with zero attached hydrogens (tertiary/aromatic N) is 1. The molecule has 22 heavy (non-hydrogen) atoms. The van der Waals surface area contributed by atoms with Crippen LogP contribution < -0.4 is 0 Å². The Bertz CT molecular complexity index is 717. The summed E-state index contributed by atoms with van der Waals surface area (Å²) in [5.74, 6) is 2.13. The maximum atomic E-state index is 12.8. The number of H-pyrrole nitrogens is 1. The number of hydrogen-bond acceptors (Lipinski definition) is 2. The lowest BCUT2D eigenvalue weighted by Crippen LogP contribution is -2.45. The van der Waals surface area contributed by atoms with E-state index in [1.165, 1.54) is 17.4 Å². The zero-order valence-corrected chi connectivity index (χ0v) is 13.4. The Balaban J connectivity index is 1.79. The van der Waals surface area contributed by atoms with E-state index in [0.717, 1.165) is 37.1 Å². The molecule has 1 aromatic heterocycles. The van der Waals surface area contributed by atoms with Crippen LogP contribution in [0.4, 0.5) is 0 Å². The van der Waals surface area contributed by atoms with Crippen molar-refractivity contribution in [1.29, 1.82) is 0 Å². The van der Waals surface area contributed by atoms with Crippen LogP contribution in [-0.4, -0.2) is 35.8 Å². The number of aromatic amines is 1. The SMILES string of the molecule is CC[C@@H]1CN(C)C[C@@H]2Cc3c([nH]c4ccccc34)C(=O)C[C@@H]12. The van der Waals surface area contributed by atoms with Crippen molar-refractivity contribution in [2.24, 2.45) is 17.8 Å². The van der Waals surface area contributed by atoms with E-state index in [0.29, 0.717) is 23.5 Å². The number of Topliss-reactive ketones (excluding diaryl/α,β-unsaturated/α-hetero) is 1. The van der Waals surface area contributed by atoms with Gasteiger partial charge in [-0.2, -0.15) is 0 Å². The van der Waals surface area contributed by atoms with E-state index in [9.17, 15) is 4.79 Å². The van der Waals surface area contributed by atoms with E-state index in [-0.39, 0.29) is 0 Å². The summed E-state index contributed by atoms with van der Waals surface area (Å²) in [6.45, 7) is 4.53. The van der Waals surface area contributed by atoms with Gasteiger partial charge in [-0.1, -0.05) is 31.5 Å². The zero-order chi connectivity index (χ0) is 15.3. The number of para-hydroxylation sites is 1. The van der Waals surface area contributed by atoms with Gasteiger partial charge in [-0.3, -0.25) is 4.79 Å². The highest BCUT2D eigenvalue weighted by Crippen LogP contribution is 2.40. The minimum atomic E-state index is 0.321. The summed E-state index contributed by atoms with van der Waals surface area (Å²) in [7, 11) is 2.22. The number of carbonyl (C=O) groups excluding carboxylic acids is 1. The minimum absolute atomic E-state index is 0.321. The summed E-state index contributed by atoms with van der Waals surface area (Å²) in [6.07, 6.45) is 2.93. The van der Waals surface area contributed by atoms with Crippen molar-refractivity contribution in [3.63, 3.8) is 0 Å². The van der Waals surface area contributed by atoms with Crippen LogP contribution in [0.2, 0.25) is 0 Å². The van der Waals surface area contributed by atoms with Crippen molar-refractivity contribution >= 4 is 16.7 Å². The normalized spacial score (nSPS) is 29.2. The first kappa shape index (κ1) is 14.0.